The zero-order valence-corrected chi connectivity index (χ0v) is 9.56. The molecule has 0 aliphatic rings. The van der Waals surface area contributed by atoms with Gasteiger partial charge in [0.15, 0.2) is 5.82 Å². The van der Waals surface area contributed by atoms with Gasteiger partial charge in [0.1, 0.15) is 12.3 Å². The average Bonchev–Trinajstić information content (AvgIpc) is 2.77. The van der Waals surface area contributed by atoms with Crippen LogP contribution in [0.4, 0.5) is 0 Å². The van der Waals surface area contributed by atoms with E-state index in [0.717, 1.165) is 5.75 Å². The molecule has 0 amide bonds. The van der Waals surface area contributed by atoms with Crippen LogP contribution in [0.15, 0.2) is 30.3 Å². The Kier molecular flexibility index (Phi) is 3.85. The maximum Gasteiger partial charge on any atom is 0.325 e. The van der Waals surface area contributed by atoms with Gasteiger partial charge in [-0.25, -0.2) is 4.68 Å². The quantitative estimate of drug-likeness (QED) is 0.794. The van der Waals surface area contributed by atoms with Gasteiger partial charge in [-0.1, -0.05) is 18.2 Å². The fourth-order valence-electron chi connectivity index (χ4n) is 1.43. The first-order chi connectivity index (χ1) is 8.75. The fourth-order valence-corrected chi connectivity index (χ4v) is 1.43. The van der Waals surface area contributed by atoms with Gasteiger partial charge in [0, 0.05) is 6.42 Å². The molecule has 0 aliphatic carbocycles. The summed E-state index contributed by atoms with van der Waals surface area (Å²) in [6.45, 7) is 0.150. The van der Waals surface area contributed by atoms with Gasteiger partial charge in [-0.3, -0.25) is 4.79 Å². The lowest BCUT2D eigenvalue weighted by Crippen LogP contribution is -2.15. The van der Waals surface area contributed by atoms with E-state index in [9.17, 15) is 4.79 Å². The Balaban J connectivity index is 1.87. The standard InChI is InChI=1S/C11H12N4O3/c16-11(17)8-15-10(12-13-14-15)6-7-18-9-4-2-1-3-5-9/h1-5H,6-8H2,(H,16,17). The van der Waals surface area contributed by atoms with Crippen molar-refractivity contribution < 1.29 is 14.6 Å². The number of hydrogen-bond donors (Lipinski definition) is 1. The van der Waals surface area contributed by atoms with E-state index in [1.165, 1.54) is 4.68 Å². The van der Waals surface area contributed by atoms with E-state index in [0.29, 0.717) is 18.9 Å². The summed E-state index contributed by atoms with van der Waals surface area (Å²) in [6, 6.07) is 9.36. The zero-order chi connectivity index (χ0) is 12.8. The second-order valence-corrected chi connectivity index (χ2v) is 3.56. The van der Waals surface area contributed by atoms with Crippen molar-refractivity contribution in [2.24, 2.45) is 0 Å². The van der Waals surface area contributed by atoms with Crippen molar-refractivity contribution in [3.05, 3.63) is 36.2 Å². The van der Waals surface area contributed by atoms with E-state index in [4.69, 9.17) is 9.84 Å². The number of nitrogens with zero attached hydrogens (tertiary/aromatic N) is 4. The molecule has 2 rings (SSSR count). The number of hydrogen-bond acceptors (Lipinski definition) is 5. The molecule has 94 valence electrons. The van der Waals surface area contributed by atoms with Gasteiger partial charge in [0.2, 0.25) is 0 Å². The molecule has 0 radical (unpaired) electrons. The molecule has 0 fully saturated rings. The molecule has 2 aromatic rings. The van der Waals surface area contributed by atoms with E-state index in [2.05, 4.69) is 15.5 Å². The van der Waals surface area contributed by atoms with Gasteiger partial charge < -0.3 is 9.84 Å². The number of para-hydroxylation sites is 1. The Morgan fingerprint density at radius 3 is 2.83 bits per heavy atom. The van der Waals surface area contributed by atoms with Gasteiger partial charge in [0.05, 0.1) is 6.61 Å². The minimum atomic E-state index is -0.979. The van der Waals surface area contributed by atoms with E-state index in [1.54, 1.807) is 0 Å². The van der Waals surface area contributed by atoms with E-state index in [1.807, 2.05) is 30.3 Å². The summed E-state index contributed by atoms with van der Waals surface area (Å²) < 4.78 is 6.73. The van der Waals surface area contributed by atoms with E-state index >= 15 is 0 Å². The number of benzene rings is 1. The first kappa shape index (κ1) is 12.0. The summed E-state index contributed by atoms with van der Waals surface area (Å²) in [4.78, 5) is 10.6. The molecule has 7 heteroatoms. The summed E-state index contributed by atoms with van der Waals surface area (Å²) in [5.74, 6) is 0.274. The molecular weight excluding hydrogens is 236 g/mol. The molecule has 0 bridgehead atoms. The van der Waals surface area contributed by atoms with Crippen molar-refractivity contribution in [2.45, 2.75) is 13.0 Å². The minimum absolute atomic E-state index is 0.242. The highest BCUT2D eigenvalue weighted by atomic mass is 16.5. The van der Waals surface area contributed by atoms with Crippen LogP contribution in [0.5, 0.6) is 5.75 Å². The molecule has 1 aromatic carbocycles. The molecule has 1 aromatic heterocycles. The number of carbonyl (C=O) groups is 1. The van der Waals surface area contributed by atoms with Crippen molar-refractivity contribution >= 4 is 5.97 Å². The Morgan fingerprint density at radius 2 is 2.11 bits per heavy atom. The van der Waals surface area contributed by atoms with Crippen LogP contribution in [0.2, 0.25) is 0 Å². The Bertz CT molecular complexity index is 512. The number of ether oxygens (including phenoxy) is 1. The van der Waals surface area contributed by atoms with Gasteiger partial charge in [-0.15, -0.1) is 5.10 Å². The maximum absolute atomic E-state index is 10.6. The van der Waals surface area contributed by atoms with Crippen LogP contribution >= 0.6 is 0 Å². The molecule has 0 saturated carbocycles. The number of tetrazole rings is 1. The molecule has 0 saturated heterocycles. The van der Waals surface area contributed by atoms with Crippen LogP contribution in [0, 0.1) is 0 Å². The molecule has 18 heavy (non-hydrogen) atoms. The van der Waals surface area contributed by atoms with Gasteiger partial charge in [-0.2, -0.15) is 0 Å². The van der Waals surface area contributed by atoms with Crippen LogP contribution in [0.25, 0.3) is 0 Å². The molecule has 0 unspecified atom stereocenters. The summed E-state index contributed by atoms with van der Waals surface area (Å²) in [5, 5.41) is 19.5. The highest BCUT2D eigenvalue weighted by Gasteiger charge is 2.09. The lowest BCUT2D eigenvalue weighted by atomic mass is 10.3. The van der Waals surface area contributed by atoms with Gasteiger partial charge >= 0.3 is 5.97 Å². The number of aliphatic carboxylic acids is 1. The third kappa shape index (κ3) is 3.27. The largest absolute Gasteiger partial charge is 0.493 e. The number of carboxylic acids is 1. The first-order valence-electron chi connectivity index (χ1n) is 5.40. The summed E-state index contributed by atoms with van der Waals surface area (Å²) >= 11 is 0. The molecule has 7 nitrogen and oxygen atoms in total. The topological polar surface area (TPSA) is 90.1 Å². The second-order valence-electron chi connectivity index (χ2n) is 3.56. The van der Waals surface area contributed by atoms with Gasteiger partial charge in [-0.05, 0) is 22.6 Å². The fraction of sp³-hybridized carbons (Fsp3) is 0.273. The predicted molar refractivity (Wildman–Crippen MR) is 61.1 cm³/mol. The SMILES string of the molecule is O=C(O)Cn1nnnc1CCOc1ccccc1. The van der Waals surface area contributed by atoms with Crippen molar-refractivity contribution in [3.63, 3.8) is 0 Å². The molecule has 0 aliphatic heterocycles. The third-order valence-corrected chi connectivity index (χ3v) is 2.23. The van der Waals surface area contributed by atoms with E-state index in [-0.39, 0.29) is 6.54 Å². The van der Waals surface area contributed by atoms with Crippen LogP contribution < -0.4 is 4.74 Å². The van der Waals surface area contributed by atoms with E-state index < -0.39 is 5.97 Å². The van der Waals surface area contributed by atoms with Crippen molar-refractivity contribution in [3.8, 4) is 5.75 Å². The summed E-state index contributed by atoms with van der Waals surface area (Å²) in [7, 11) is 0. The molecule has 1 heterocycles. The lowest BCUT2D eigenvalue weighted by molar-refractivity contribution is -0.138. The van der Waals surface area contributed by atoms with Crippen molar-refractivity contribution in [1.29, 1.82) is 0 Å². The van der Waals surface area contributed by atoms with Crippen molar-refractivity contribution in [1.82, 2.24) is 20.2 Å². The predicted octanol–water partition coefficient (Wildman–Crippen LogP) is 0.379. The highest BCUT2D eigenvalue weighted by Crippen LogP contribution is 2.08. The minimum Gasteiger partial charge on any atom is -0.493 e. The number of carboxylic acid groups (broad SMARTS) is 1. The number of rotatable bonds is 6. The Morgan fingerprint density at radius 1 is 1.33 bits per heavy atom. The highest BCUT2D eigenvalue weighted by molar-refractivity contribution is 5.66. The zero-order valence-electron chi connectivity index (χ0n) is 9.56. The first-order valence-corrected chi connectivity index (χ1v) is 5.40. The van der Waals surface area contributed by atoms with Crippen LogP contribution in [-0.4, -0.2) is 37.9 Å². The normalized spacial score (nSPS) is 10.2. The average molecular weight is 248 g/mol. The smallest absolute Gasteiger partial charge is 0.325 e. The molecule has 1 N–H and O–H groups in total. The lowest BCUT2D eigenvalue weighted by Gasteiger charge is -2.05. The molecular formula is C11H12N4O3. The molecule has 0 atom stereocenters. The van der Waals surface area contributed by atoms with Gasteiger partial charge in [0.25, 0.3) is 0 Å². The summed E-state index contributed by atoms with van der Waals surface area (Å²) in [5.41, 5.74) is 0. The summed E-state index contributed by atoms with van der Waals surface area (Å²) in [6.07, 6.45) is 0.454. The van der Waals surface area contributed by atoms with Crippen LogP contribution in [-0.2, 0) is 17.8 Å². The van der Waals surface area contributed by atoms with Crippen LogP contribution in [0.1, 0.15) is 5.82 Å². The van der Waals surface area contributed by atoms with Crippen LogP contribution in [0.3, 0.4) is 0 Å². The van der Waals surface area contributed by atoms with Crippen molar-refractivity contribution in [2.75, 3.05) is 6.61 Å². The Labute approximate surface area is 103 Å². The maximum atomic E-state index is 10.6. The number of aromatic nitrogens is 4. The third-order valence-electron chi connectivity index (χ3n) is 2.23. The Hall–Kier alpha value is -2.44. The second kappa shape index (κ2) is 5.76. The monoisotopic (exact) mass is 248 g/mol. The molecule has 0 spiro atoms.